The van der Waals surface area contributed by atoms with Gasteiger partial charge in [-0.15, -0.1) is 11.3 Å². The van der Waals surface area contributed by atoms with Gasteiger partial charge < -0.3 is 20.1 Å². The van der Waals surface area contributed by atoms with Crippen molar-refractivity contribution in [3.63, 3.8) is 0 Å². The highest BCUT2D eigenvalue weighted by atomic mass is 32.1. The highest BCUT2D eigenvalue weighted by Gasteiger charge is 2.37. The van der Waals surface area contributed by atoms with E-state index in [0.717, 1.165) is 41.8 Å². The van der Waals surface area contributed by atoms with Crippen LogP contribution >= 0.6 is 11.3 Å². The van der Waals surface area contributed by atoms with Crippen molar-refractivity contribution in [3.05, 3.63) is 75.7 Å². The van der Waals surface area contributed by atoms with Gasteiger partial charge in [0.2, 0.25) is 0 Å². The van der Waals surface area contributed by atoms with E-state index in [-0.39, 0.29) is 12.1 Å². The predicted molar refractivity (Wildman–Crippen MR) is 142 cm³/mol. The van der Waals surface area contributed by atoms with E-state index in [1.165, 1.54) is 10.4 Å². The Balaban J connectivity index is 1.28. The molecule has 0 spiro atoms. The minimum Gasteiger partial charge on any atom is -0.497 e. The van der Waals surface area contributed by atoms with Crippen LogP contribution in [0.15, 0.2) is 48.5 Å². The fourth-order valence-corrected chi connectivity index (χ4v) is 6.39. The fraction of sp³-hybridized carbons (Fsp3) is 0.379. The Morgan fingerprint density at radius 3 is 2.42 bits per heavy atom. The zero-order valence-electron chi connectivity index (χ0n) is 21.1. The molecule has 1 aliphatic carbocycles. The molecule has 0 fully saturated rings. The predicted octanol–water partition coefficient (Wildman–Crippen LogP) is 6.37. The molecular formula is C29H32N2O4S. The lowest BCUT2D eigenvalue weighted by molar-refractivity contribution is 0.0734. The quantitative estimate of drug-likeness (QED) is 0.301. The van der Waals surface area contributed by atoms with Gasteiger partial charge in [0.25, 0.3) is 5.91 Å². The van der Waals surface area contributed by atoms with Crippen molar-refractivity contribution in [2.45, 2.75) is 52.6 Å². The third kappa shape index (κ3) is 4.60. The molecule has 2 heterocycles. The van der Waals surface area contributed by atoms with Gasteiger partial charge in [0, 0.05) is 4.88 Å². The summed E-state index contributed by atoms with van der Waals surface area (Å²) < 4.78 is 10.6. The molecule has 2 N–H and O–H groups in total. The van der Waals surface area contributed by atoms with Crippen LogP contribution in [0.5, 0.6) is 11.5 Å². The average molecular weight is 505 g/mol. The van der Waals surface area contributed by atoms with Crippen LogP contribution in [0.3, 0.4) is 0 Å². The van der Waals surface area contributed by atoms with Crippen molar-refractivity contribution in [3.8, 4) is 11.5 Å². The van der Waals surface area contributed by atoms with Gasteiger partial charge in [-0.3, -0.25) is 4.79 Å². The van der Waals surface area contributed by atoms with Crippen LogP contribution in [-0.2, 0) is 12.8 Å². The maximum Gasteiger partial charge on any atom is 0.343 e. The number of nitrogens with one attached hydrogen (secondary N) is 2. The summed E-state index contributed by atoms with van der Waals surface area (Å²) in [5, 5.41) is 7.60. The van der Waals surface area contributed by atoms with Crippen LogP contribution in [0, 0.1) is 11.3 Å². The topological polar surface area (TPSA) is 76.7 Å². The van der Waals surface area contributed by atoms with Crippen molar-refractivity contribution in [1.29, 1.82) is 0 Å². The van der Waals surface area contributed by atoms with E-state index < -0.39 is 5.97 Å². The molecule has 2 aliphatic rings. The number of carbonyl (C=O) groups excluding carboxylic acids is 2. The van der Waals surface area contributed by atoms with Gasteiger partial charge in [0.15, 0.2) is 0 Å². The van der Waals surface area contributed by atoms with E-state index in [1.807, 2.05) is 12.1 Å². The van der Waals surface area contributed by atoms with E-state index in [9.17, 15) is 9.59 Å². The monoisotopic (exact) mass is 504 g/mol. The summed E-state index contributed by atoms with van der Waals surface area (Å²) in [7, 11) is 1.58. The minimum atomic E-state index is -0.437. The molecule has 7 heteroatoms. The highest BCUT2D eigenvalue weighted by Crippen LogP contribution is 2.47. The van der Waals surface area contributed by atoms with Gasteiger partial charge in [-0.25, -0.2) is 4.79 Å². The number of methoxy groups -OCH3 is 1. The van der Waals surface area contributed by atoms with Crippen molar-refractivity contribution < 1.29 is 19.1 Å². The third-order valence-corrected chi connectivity index (χ3v) is 8.99. The summed E-state index contributed by atoms with van der Waals surface area (Å²) in [6.07, 6.45) is 3.96. The molecule has 1 aromatic heterocycles. The molecule has 2 aromatic carbocycles. The number of fused-ring (bicyclic) bond motifs is 3. The molecule has 188 valence electrons. The molecule has 36 heavy (non-hydrogen) atoms. The van der Waals surface area contributed by atoms with Crippen molar-refractivity contribution >= 4 is 28.2 Å². The van der Waals surface area contributed by atoms with Gasteiger partial charge in [0.05, 0.1) is 18.2 Å². The van der Waals surface area contributed by atoms with Crippen LogP contribution in [0.2, 0.25) is 0 Å². The molecule has 3 aromatic rings. The number of hydrogen-bond donors (Lipinski definition) is 2. The number of thiophene rings is 1. The van der Waals surface area contributed by atoms with E-state index in [1.54, 1.807) is 54.8 Å². The van der Waals surface area contributed by atoms with Gasteiger partial charge in [-0.05, 0) is 78.1 Å². The largest absolute Gasteiger partial charge is 0.497 e. The zero-order valence-corrected chi connectivity index (χ0v) is 22.0. The summed E-state index contributed by atoms with van der Waals surface area (Å²) in [5.41, 5.74) is 3.69. The number of amides is 1. The second-order valence-electron chi connectivity index (χ2n) is 10.2. The minimum absolute atomic E-state index is 0.0190. The molecule has 2 atom stereocenters. The molecule has 0 saturated heterocycles. The Morgan fingerprint density at radius 2 is 1.75 bits per heavy atom. The van der Waals surface area contributed by atoms with Crippen LogP contribution < -0.4 is 20.1 Å². The van der Waals surface area contributed by atoms with E-state index in [2.05, 4.69) is 31.4 Å². The van der Waals surface area contributed by atoms with E-state index in [0.29, 0.717) is 28.4 Å². The average Bonchev–Trinajstić information content (AvgIpc) is 3.27. The standard InChI is InChI=1S/C29H32N2O4S/c1-5-29(2,3)19-10-15-22-23(16-19)36-27-24(22)26(32)30-25(31-27)17-6-13-21(14-7-17)35-28(33)18-8-11-20(34-4)12-9-18/h6-9,11-14,19,25,31H,5,10,15-16H2,1-4H3,(H,30,32)/t19-,25+/m1/s1. The molecule has 0 unspecified atom stereocenters. The first-order valence-electron chi connectivity index (χ1n) is 12.5. The number of esters is 1. The lowest BCUT2D eigenvalue weighted by atomic mass is 9.69. The smallest absolute Gasteiger partial charge is 0.343 e. The maximum absolute atomic E-state index is 13.1. The number of ether oxygens (including phenoxy) is 2. The van der Waals surface area contributed by atoms with Gasteiger partial charge in [0.1, 0.15) is 22.7 Å². The molecule has 5 rings (SSSR count). The van der Waals surface area contributed by atoms with Crippen molar-refractivity contribution in [2.75, 3.05) is 12.4 Å². The van der Waals surface area contributed by atoms with Crippen molar-refractivity contribution in [1.82, 2.24) is 5.32 Å². The molecule has 1 amide bonds. The first kappa shape index (κ1) is 24.4. The summed E-state index contributed by atoms with van der Waals surface area (Å²) in [6.45, 7) is 6.98. The highest BCUT2D eigenvalue weighted by molar-refractivity contribution is 7.16. The Labute approximate surface area is 216 Å². The van der Waals surface area contributed by atoms with Crippen LogP contribution in [0.1, 0.15) is 76.5 Å². The summed E-state index contributed by atoms with van der Waals surface area (Å²) in [6, 6.07) is 14.0. The molecule has 0 saturated carbocycles. The molecule has 1 aliphatic heterocycles. The maximum atomic E-state index is 13.1. The summed E-state index contributed by atoms with van der Waals surface area (Å²) in [5.74, 6) is 1.31. The Morgan fingerprint density at radius 1 is 1.06 bits per heavy atom. The fourth-order valence-electron chi connectivity index (χ4n) is 5.04. The first-order valence-corrected chi connectivity index (χ1v) is 13.3. The SMILES string of the molecule is CCC(C)(C)[C@@H]1CCc2c(sc3c2C(=O)N[C@H](c2ccc(OC(=O)c4ccc(OC)cc4)cc2)N3)C1. The Bertz CT molecular complexity index is 1280. The van der Waals surface area contributed by atoms with Crippen LogP contribution in [-0.4, -0.2) is 19.0 Å². The molecule has 6 nitrogen and oxygen atoms in total. The summed E-state index contributed by atoms with van der Waals surface area (Å²) in [4.78, 5) is 26.9. The van der Waals surface area contributed by atoms with Gasteiger partial charge in [-0.2, -0.15) is 0 Å². The number of rotatable bonds is 6. The van der Waals surface area contributed by atoms with Crippen LogP contribution in [0.4, 0.5) is 5.00 Å². The van der Waals surface area contributed by atoms with Crippen LogP contribution in [0.25, 0.3) is 0 Å². The zero-order chi connectivity index (χ0) is 25.4. The second-order valence-corrected chi connectivity index (χ2v) is 11.3. The number of carbonyl (C=O) groups is 2. The second kappa shape index (κ2) is 9.62. The number of hydrogen-bond acceptors (Lipinski definition) is 6. The lowest BCUT2D eigenvalue weighted by Gasteiger charge is -2.36. The number of anilines is 1. The lowest BCUT2D eigenvalue weighted by Crippen LogP contribution is -2.38. The van der Waals surface area contributed by atoms with Gasteiger partial charge >= 0.3 is 5.97 Å². The van der Waals surface area contributed by atoms with E-state index in [4.69, 9.17) is 9.47 Å². The molecule has 0 bridgehead atoms. The third-order valence-electron chi connectivity index (χ3n) is 7.81. The molecule has 0 radical (unpaired) electrons. The Hall–Kier alpha value is -3.32. The van der Waals surface area contributed by atoms with E-state index >= 15 is 0 Å². The van der Waals surface area contributed by atoms with Crippen molar-refractivity contribution in [2.24, 2.45) is 11.3 Å². The Kier molecular flexibility index (Phi) is 6.51. The number of benzene rings is 2. The summed E-state index contributed by atoms with van der Waals surface area (Å²) >= 11 is 1.73. The molecular weight excluding hydrogens is 472 g/mol. The normalized spacial score (nSPS) is 18.9. The van der Waals surface area contributed by atoms with Gasteiger partial charge in [-0.1, -0.05) is 39.3 Å². The first-order chi connectivity index (χ1) is 17.3.